The zero-order valence-corrected chi connectivity index (χ0v) is 10.2. The quantitative estimate of drug-likeness (QED) is 0.660. The van der Waals surface area contributed by atoms with Crippen molar-refractivity contribution in [2.75, 3.05) is 13.2 Å². The van der Waals surface area contributed by atoms with Crippen molar-refractivity contribution in [1.82, 2.24) is 0 Å². The average molecular weight is 220 g/mol. The van der Waals surface area contributed by atoms with Crippen molar-refractivity contribution in [3.05, 3.63) is 35.4 Å². The highest BCUT2D eigenvalue weighted by atomic mass is 16.5. The fraction of sp³-hybridized carbons (Fsp3) is 0.500. The minimum Gasteiger partial charge on any atom is -0.374 e. The molecular formula is C14H20O2. The van der Waals surface area contributed by atoms with Crippen LogP contribution in [0.4, 0.5) is 0 Å². The van der Waals surface area contributed by atoms with Gasteiger partial charge in [-0.2, -0.15) is 0 Å². The summed E-state index contributed by atoms with van der Waals surface area (Å²) >= 11 is 0. The van der Waals surface area contributed by atoms with Crippen molar-refractivity contribution in [2.24, 2.45) is 0 Å². The molecule has 0 spiro atoms. The Morgan fingerprint density at radius 3 is 2.56 bits per heavy atom. The van der Waals surface area contributed by atoms with Gasteiger partial charge in [-0.05, 0) is 25.3 Å². The van der Waals surface area contributed by atoms with E-state index in [-0.39, 0.29) is 12.4 Å². The number of carbonyl (C=O) groups excluding carboxylic acids is 1. The van der Waals surface area contributed by atoms with Crippen molar-refractivity contribution in [3.63, 3.8) is 0 Å². The van der Waals surface area contributed by atoms with Crippen LogP contribution in [0.5, 0.6) is 0 Å². The number of Topliss-reactive ketones (excluding diaryl/α,β-unsaturated/α-hetero) is 1. The lowest BCUT2D eigenvalue weighted by Crippen LogP contribution is -2.08. The van der Waals surface area contributed by atoms with Crippen LogP contribution in [0.2, 0.25) is 0 Å². The summed E-state index contributed by atoms with van der Waals surface area (Å²) in [5.41, 5.74) is 2.62. The topological polar surface area (TPSA) is 26.3 Å². The molecule has 16 heavy (non-hydrogen) atoms. The number of hydrogen-bond acceptors (Lipinski definition) is 2. The van der Waals surface area contributed by atoms with E-state index in [9.17, 15) is 4.79 Å². The Kier molecular flexibility index (Phi) is 5.79. The molecule has 0 aromatic heterocycles. The first-order valence-electron chi connectivity index (χ1n) is 5.87. The summed E-state index contributed by atoms with van der Waals surface area (Å²) in [5.74, 6) is 0.176. The maximum Gasteiger partial charge on any atom is 0.158 e. The number of carbonyl (C=O) groups is 1. The highest BCUT2D eigenvalue weighted by molar-refractivity contribution is 5.79. The Balaban J connectivity index is 2.11. The lowest BCUT2D eigenvalue weighted by molar-refractivity contribution is -0.123. The molecule has 0 radical (unpaired) electrons. The summed E-state index contributed by atoms with van der Waals surface area (Å²) in [4.78, 5) is 11.0. The number of ketones is 1. The summed E-state index contributed by atoms with van der Waals surface area (Å²) in [6.45, 7) is 4.88. The van der Waals surface area contributed by atoms with Crippen molar-refractivity contribution >= 4 is 5.78 Å². The van der Waals surface area contributed by atoms with Crippen molar-refractivity contribution < 1.29 is 9.53 Å². The minimum atomic E-state index is 0.176. The molecule has 0 aliphatic carbocycles. The molecule has 0 aliphatic heterocycles. The van der Waals surface area contributed by atoms with Gasteiger partial charge in [-0.25, -0.2) is 0 Å². The second-order valence-corrected chi connectivity index (χ2v) is 4.03. The van der Waals surface area contributed by atoms with Gasteiger partial charge in [0.25, 0.3) is 0 Å². The summed E-state index contributed by atoms with van der Waals surface area (Å²) in [5, 5.41) is 0. The predicted molar refractivity (Wildman–Crippen MR) is 65.6 cm³/mol. The molecule has 2 heteroatoms. The highest BCUT2D eigenvalue weighted by Gasteiger charge is 1.98. The second-order valence-electron chi connectivity index (χ2n) is 4.03. The fourth-order valence-corrected chi connectivity index (χ4v) is 1.42. The van der Waals surface area contributed by atoms with E-state index in [2.05, 4.69) is 31.2 Å². The Labute approximate surface area is 97.6 Å². The summed E-state index contributed by atoms with van der Waals surface area (Å²) in [6, 6.07) is 8.53. The smallest absolute Gasteiger partial charge is 0.158 e. The van der Waals surface area contributed by atoms with E-state index in [1.807, 2.05) is 6.92 Å². The number of ether oxygens (including phenoxy) is 1. The summed E-state index contributed by atoms with van der Waals surface area (Å²) in [6.07, 6.45) is 2.55. The molecule has 88 valence electrons. The van der Waals surface area contributed by atoms with Crippen LogP contribution in [0, 0.1) is 6.92 Å². The van der Waals surface area contributed by atoms with Crippen LogP contribution in [0.25, 0.3) is 0 Å². The van der Waals surface area contributed by atoms with E-state index in [4.69, 9.17) is 4.74 Å². The van der Waals surface area contributed by atoms with Gasteiger partial charge >= 0.3 is 0 Å². The molecule has 1 aromatic carbocycles. The number of aryl methyl sites for hydroxylation is 2. The maximum absolute atomic E-state index is 11.0. The molecule has 0 saturated heterocycles. The zero-order chi connectivity index (χ0) is 11.8. The van der Waals surface area contributed by atoms with Gasteiger partial charge in [-0.15, -0.1) is 0 Å². The maximum atomic E-state index is 11.0. The Hall–Kier alpha value is -1.15. The van der Waals surface area contributed by atoms with Crippen LogP contribution in [0.1, 0.15) is 30.9 Å². The van der Waals surface area contributed by atoms with Gasteiger partial charge < -0.3 is 4.74 Å². The van der Waals surface area contributed by atoms with Crippen molar-refractivity contribution in [1.29, 1.82) is 0 Å². The molecule has 0 aliphatic rings. The standard InChI is InChI=1S/C14H20O2/c1-3-14(15)11-16-10-4-5-13-8-6-12(2)7-9-13/h6-9H,3-5,10-11H2,1-2H3. The first-order valence-corrected chi connectivity index (χ1v) is 5.87. The van der Waals surface area contributed by atoms with Gasteiger partial charge in [0.2, 0.25) is 0 Å². The van der Waals surface area contributed by atoms with Gasteiger partial charge in [0, 0.05) is 13.0 Å². The normalized spacial score (nSPS) is 10.4. The van der Waals surface area contributed by atoms with Gasteiger partial charge in [0.05, 0.1) is 0 Å². The van der Waals surface area contributed by atoms with E-state index < -0.39 is 0 Å². The molecule has 0 fully saturated rings. The Bertz CT molecular complexity index is 314. The molecule has 0 atom stereocenters. The van der Waals surface area contributed by atoms with Gasteiger partial charge in [-0.1, -0.05) is 36.8 Å². The first-order chi connectivity index (χ1) is 7.72. The van der Waals surface area contributed by atoms with E-state index in [0.29, 0.717) is 13.0 Å². The molecule has 0 unspecified atom stereocenters. The number of benzene rings is 1. The third-order valence-corrected chi connectivity index (χ3v) is 2.53. The molecule has 0 saturated carbocycles. The summed E-state index contributed by atoms with van der Waals surface area (Å²) < 4.78 is 5.28. The van der Waals surface area contributed by atoms with Gasteiger partial charge in [0.1, 0.15) is 6.61 Å². The molecule has 0 bridgehead atoms. The monoisotopic (exact) mass is 220 g/mol. The van der Waals surface area contributed by atoms with E-state index in [1.165, 1.54) is 11.1 Å². The third kappa shape index (κ3) is 5.08. The van der Waals surface area contributed by atoms with Crippen LogP contribution in [-0.2, 0) is 16.0 Å². The van der Waals surface area contributed by atoms with Crippen LogP contribution in [-0.4, -0.2) is 19.0 Å². The van der Waals surface area contributed by atoms with Crippen LogP contribution in [0.3, 0.4) is 0 Å². The largest absolute Gasteiger partial charge is 0.374 e. The zero-order valence-electron chi connectivity index (χ0n) is 10.2. The van der Waals surface area contributed by atoms with E-state index in [1.54, 1.807) is 0 Å². The third-order valence-electron chi connectivity index (χ3n) is 2.53. The average Bonchev–Trinajstić information content (AvgIpc) is 2.31. The van der Waals surface area contributed by atoms with Gasteiger partial charge in [0.15, 0.2) is 5.78 Å². The molecule has 1 rings (SSSR count). The number of rotatable bonds is 7. The molecular weight excluding hydrogens is 200 g/mol. The summed E-state index contributed by atoms with van der Waals surface area (Å²) in [7, 11) is 0. The van der Waals surface area contributed by atoms with Gasteiger partial charge in [-0.3, -0.25) is 4.79 Å². The Morgan fingerprint density at radius 1 is 1.25 bits per heavy atom. The molecule has 0 heterocycles. The molecule has 0 amide bonds. The van der Waals surface area contributed by atoms with Crippen LogP contribution < -0.4 is 0 Å². The van der Waals surface area contributed by atoms with Crippen molar-refractivity contribution in [3.8, 4) is 0 Å². The lowest BCUT2D eigenvalue weighted by atomic mass is 10.1. The van der Waals surface area contributed by atoms with Crippen LogP contribution in [0.15, 0.2) is 24.3 Å². The molecule has 2 nitrogen and oxygen atoms in total. The van der Waals surface area contributed by atoms with E-state index >= 15 is 0 Å². The predicted octanol–water partition coefficient (Wildman–Crippen LogP) is 2.92. The first kappa shape index (κ1) is 12.9. The Morgan fingerprint density at radius 2 is 1.94 bits per heavy atom. The molecule has 1 aromatic rings. The minimum absolute atomic E-state index is 0.176. The fourth-order valence-electron chi connectivity index (χ4n) is 1.42. The lowest BCUT2D eigenvalue weighted by Gasteiger charge is -2.03. The molecule has 0 N–H and O–H groups in total. The highest BCUT2D eigenvalue weighted by Crippen LogP contribution is 2.05. The number of hydrogen-bond donors (Lipinski definition) is 0. The SMILES string of the molecule is CCC(=O)COCCCc1ccc(C)cc1. The second kappa shape index (κ2) is 7.18. The van der Waals surface area contributed by atoms with E-state index in [0.717, 1.165) is 12.8 Å². The van der Waals surface area contributed by atoms with Crippen molar-refractivity contribution in [2.45, 2.75) is 33.1 Å². The van der Waals surface area contributed by atoms with Crippen LogP contribution >= 0.6 is 0 Å².